The first kappa shape index (κ1) is 12.4. The Bertz CT molecular complexity index is 763. The summed E-state index contributed by atoms with van der Waals surface area (Å²) in [7, 11) is 0. The van der Waals surface area contributed by atoms with E-state index < -0.39 is 5.97 Å². The first-order chi connectivity index (χ1) is 9.65. The third-order valence-corrected chi connectivity index (χ3v) is 3.67. The SMILES string of the molecule is O=C(O)c1cc(-c2cccs2)nn1-c1cccc(O)c1. The van der Waals surface area contributed by atoms with Crippen LogP contribution in [-0.4, -0.2) is 26.0 Å². The van der Waals surface area contributed by atoms with Crippen molar-refractivity contribution >= 4 is 17.3 Å². The second-order valence-corrected chi connectivity index (χ2v) is 5.08. The fourth-order valence-corrected chi connectivity index (χ4v) is 2.58. The quantitative estimate of drug-likeness (QED) is 0.776. The van der Waals surface area contributed by atoms with Crippen molar-refractivity contribution < 1.29 is 15.0 Å². The fraction of sp³-hybridized carbons (Fsp3) is 0. The standard InChI is InChI=1S/C14H10N2O3S/c17-10-4-1-3-9(7-10)16-12(14(18)19)8-11(15-16)13-5-2-6-20-13/h1-8,17H,(H,18,19). The number of benzene rings is 1. The van der Waals surface area contributed by atoms with E-state index >= 15 is 0 Å². The van der Waals surface area contributed by atoms with Gasteiger partial charge in [0.05, 0.1) is 10.6 Å². The van der Waals surface area contributed by atoms with E-state index in [4.69, 9.17) is 0 Å². The maximum Gasteiger partial charge on any atom is 0.354 e. The highest BCUT2D eigenvalue weighted by Crippen LogP contribution is 2.26. The van der Waals surface area contributed by atoms with Crippen LogP contribution in [0.15, 0.2) is 47.8 Å². The molecule has 2 aromatic heterocycles. The molecule has 0 aliphatic heterocycles. The molecule has 0 radical (unpaired) electrons. The van der Waals surface area contributed by atoms with Gasteiger partial charge >= 0.3 is 5.97 Å². The number of aromatic nitrogens is 2. The summed E-state index contributed by atoms with van der Waals surface area (Å²) in [5.74, 6) is -1.00. The maximum atomic E-state index is 11.3. The average molecular weight is 286 g/mol. The Hall–Kier alpha value is -2.60. The van der Waals surface area contributed by atoms with E-state index in [9.17, 15) is 15.0 Å². The number of carbonyl (C=O) groups is 1. The van der Waals surface area contributed by atoms with E-state index in [1.807, 2.05) is 17.5 Å². The van der Waals surface area contributed by atoms with Crippen molar-refractivity contribution in [3.05, 3.63) is 53.5 Å². The minimum atomic E-state index is -1.07. The van der Waals surface area contributed by atoms with Crippen LogP contribution in [0.3, 0.4) is 0 Å². The van der Waals surface area contributed by atoms with Crippen LogP contribution in [0.1, 0.15) is 10.5 Å². The van der Waals surface area contributed by atoms with Gasteiger partial charge in [-0.15, -0.1) is 11.3 Å². The number of rotatable bonds is 3. The molecule has 2 N–H and O–H groups in total. The van der Waals surface area contributed by atoms with Crippen LogP contribution < -0.4 is 0 Å². The number of aromatic hydroxyl groups is 1. The van der Waals surface area contributed by atoms with E-state index in [0.717, 1.165) is 4.88 Å². The van der Waals surface area contributed by atoms with Crippen molar-refractivity contribution in [1.29, 1.82) is 0 Å². The molecule has 6 heteroatoms. The second-order valence-electron chi connectivity index (χ2n) is 4.13. The molecule has 3 aromatic rings. The normalized spacial score (nSPS) is 10.6. The molecule has 0 saturated carbocycles. The Balaban J connectivity index is 2.17. The highest BCUT2D eigenvalue weighted by Gasteiger charge is 2.17. The largest absolute Gasteiger partial charge is 0.508 e. The highest BCUT2D eigenvalue weighted by molar-refractivity contribution is 7.13. The molecule has 0 bridgehead atoms. The predicted octanol–water partition coefficient (Wildman–Crippen LogP) is 3.00. The minimum absolute atomic E-state index is 0.0546. The lowest BCUT2D eigenvalue weighted by Crippen LogP contribution is -2.07. The molecule has 0 spiro atoms. The summed E-state index contributed by atoms with van der Waals surface area (Å²) >= 11 is 1.49. The Morgan fingerprint density at radius 3 is 2.70 bits per heavy atom. The lowest BCUT2D eigenvalue weighted by Gasteiger charge is -2.04. The zero-order chi connectivity index (χ0) is 14.1. The smallest absolute Gasteiger partial charge is 0.354 e. The van der Waals surface area contributed by atoms with E-state index in [2.05, 4.69) is 5.10 Å². The van der Waals surface area contributed by atoms with E-state index in [1.54, 1.807) is 12.1 Å². The first-order valence-electron chi connectivity index (χ1n) is 5.82. The third kappa shape index (κ3) is 2.17. The van der Waals surface area contributed by atoms with Gasteiger partial charge in [-0.1, -0.05) is 12.1 Å². The molecule has 2 heterocycles. The summed E-state index contributed by atoms with van der Waals surface area (Å²) in [6.07, 6.45) is 0. The molecule has 0 aliphatic rings. The number of aromatic carboxylic acids is 1. The molecule has 0 unspecified atom stereocenters. The summed E-state index contributed by atoms with van der Waals surface area (Å²) in [5, 5.41) is 25.0. The molecule has 1 aromatic carbocycles. The molecule has 3 rings (SSSR count). The number of phenols is 1. The molecule has 0 amide bonds. The molecule has 0 saturated heterocycles. The van der Waals surface area contributed by atoms with Crippen LogP contribution in [0.25, 0.3) is 16.3 Å². The van der Waals surface area contributed by atoms with E-state index in [-0.39, 0.29) is 11.4 Å². The number of thiophene rings is 1. The maximum absolute atomic E-state index is 11.3. The van der Waals surface area contributed by atoms with Gasteiger partial charge in [0.25, 0.3) is 0 Å². The molecular weight excluding hydrogens is 276 g/mol. The third-order valence-electron chi connectivity index (χ3n) is 2.78. The van der Waals surface area contributed by atoms with Gasteiger partial charge in [-0.05, 0) is 23.6 Å². The minimum Gasteiger partial charge on any atom is -0.508 e. The van der Waals surface area contributed by atoms with Crippen LogP contribution in [0, 0.1) is 0 Å². The lowest BCUT2D eigenvalue weighted by molar-refractivity contribution is 0.0687. The van der Waals surface area contributed by atoms with Gasteiger partial charge in [0.15, 0.2) is 5.69 Å². The lowest BCUT2D eigenvalue weighted by atomic mass is 10.3. The Labute approximate surface area is 118 Å². The zero-order valence-corrected chi connectivity index (χ0v) is 11.0. The fourth-order valence-electron chi connectivity index (χ4n) is 1.90. The Morgan fingerprint density at radius 2 is 2.05 bits per heavy atom. The number of hydrogen-bond acceptors (Lipinski definition) is 4. The predicted molar refractivity (Wildman–Crippen MR) is 75.5 cm³/mol. The number of carboxylic acid groups (broad SMARTS) is 1. The van der Waals surface area contributed by atoms with Crippen molar-refractivity contribution in [2.24, 2.45) is 0 Å². The average Bonchev–Trinajstić information content (AvgIpc) is 3.08. The van der Waals surface area contributed by atoms with Gasteiger partial charge in [0, 0.05) is 12.1 Å². The van der Waals surface area contributed by atoms with E-state index in [1.165, 1.54) is 34.2 Å². The topological polar surface area (TPSA) is 75.3 Å². The van der Waals surface area contributed by atoms with E-state index in [0.29, 0.717) is 11.4 Å². The van der Waals surface area contributed by atoms with Crippen molar-refractivity contribution in [2.45, 2.75) is 0 Å². The molecule has 0 fully saturated rings. The molecule has 5 nitrogen and oxygen atoms in total. The summed E-state index contributed by atoms with van der Waals surface area (Å²) in [4.78, 5) is 12.2. The number of phenolic OH excluding ortho intramolecular Hbond substituents is 1. The van der Waals surface area contributed by atoms with Crippen molar-refractivity contribution in [1.82, 2.24) is 9.78 Å². The summed E-state index contributed by atoms with van der Waals surface area (Å²) in [5.41, 5.74) is 1.16. The van der Waals surface area contributed by atoms with Gasteiger partial charge in [-0.3, -0.25) is 0 Å². The molecular formula is C14H10N2O3S. The molecule has 20 heavy (non-hydrogen) atoms. The van der Waals surface area contributed by atoms with Gasteiger partial charge in [0.2, 0.25) is 0 Å². The van der Waals surface area contributed by atoms with Gasteiger partial charge < -0.3 is 10.2 Å². The van der Waals surface area contributed by atoms with Crippen LogP contribution in [0.5, 0.6) is 5.75 Å². The summed E-state index contributed by atoms with van der Waals surface area (Å²) in [6.45, 7) is 0. The Kier molecular flexibility index (Phi) is 3.00. The molecule has 100 valence electrons. The highest BCUT2D eigenvalue weighted by atomic mass is 32.1. The number of nitrogens with zero attached hydrogens (tertiary/aromatic N) is 2. The van der Waals surface area contributed by atoms with Gasteiger partial charge in [0.1, 0.15) is 11.4 Å². The van der Waals surface area contributed by atoms with Gasteiger partial charge in [-0.2, -0.15) is 5.10 Å². The molecule has 0 aliphatic carbocycles. The second kappa shape index (κ2) is 4.82. The molecule has 0 atom stereocenters. The van der Waals surface area contributed by atoms with Crippen LogP contribution in [0.4, 0.5) is 0 Å². The van der Waals surface area contributed by atoms with Gasteiger partial charge in [-0.25, -0.2) is 9.48 Å². The van der Waals surface area contributed by atoms with Crippen LogP contribution in [0.2, 0.25) is 0 Å². The zero-order valence-electron chi connectivity index (χ0n) is 10.2. The number of hydrogen-bond donors (Lipinski definition) is 2. The Morgan fingerprint density at radius 1 is 1.20 bits per heavy atom. The van der Waals surface area contributed by atoms with Crippen molar-refractivity contribution in [3.8, 4) is 22.0 Å². The first-order valence-corrected chi connectivity index (χ1v) is 6.70. The van der Waals surface area contributed by atoms with Crippen molar-refractivity contribution in [2.75, 3.05) is 0 Å². The summed E-state index contributed by atoms with van der Waals surface area (Å²) < 4.78 is 1.32. The monoisotopic (exact) mass is 286 g/mol. The van der Waals surface area contributed by atoms with Crippen molar-refractivity contribution in [3.63, 3.8) is 0 Å². The summed E-state index contributed by atoms with van der Waals surface area (Å²) in [6, 6.07) is 11.6. The van der Waals surface area contributed by atoms with Crippen LogP contribution >= 0.6 is 11.3 Å². The van der Waals surface area contributed by atoms with Crippen LogP contribution in [-0.2, 0) is 0 Å². The number of carboxylic acids is 1.